The molecule has 0 saturated heterocycles. The molecule has 0 amide bonds. The summed E-state index contributed by atoms with van der Waals surface area (Å²) in [5.41, 5.74) is 0.0590. The van der Waals surface area contributed by atoms with Crippen LogP contribution in [0.2, 0.25) is 0 Å². The normalized spacial score (nSPS) is 11.6. The number of hydrogen-bond acceptors (Lipinski definition) is 2. The van der Waals surface area contributed by atoms with E-state index in [-0.39, 0.29) is 11.6 Å². The molecule has 0 fully saturated rings. The van der Waals surface area contributed by atoms with E-state index in [1.807, 2.05) is 0 Å². The Morgan fingerprint density at radius 2 is 1.44 bits per heavy atom. The average Bonchev–Trinajstić information content (AvgIpc) is 1.65. The van der Waals surface area contributed by atoms with E-state index in [0.717, 1.165) is 0 Å². The van der Waals surface area contributed by atoms with Gasteiger partial charge in [-0.15, -0.1) is 0 Å². The largest absolute Gasteiger partial charge is 0.274 e. The molecule has 0 rings (SSSR count). The molecule has 0 aliphatic rings. The average molecular weight is 126 g/mol. The zero-order chi connectivity index (χ0) is 7.49. The van der Waals surface area contributed by atoms with E-state index < -0.39 is 0 Å². The van der Waals surface area contributed by atoms with E-state index in [4.69, 9.17) is 0 Å². The second-order valence-corrected chi connectivity index (χ2v) is 3.10. The number of rotatable bonds is 2. The summed E-state index contributed by atoms with van der Waals surface area (Å²) in [6.45, 7) is 13.0. The molecule has 2 heteroatoms. The lowest BCUT2D eigenvalue weighted by atomic mass is 9.93. The molecule has 0 atom stereocenters. The van der Waals surface area contributed by atoms with Crippen LogP contribution < -0.4 is 0 Å². The summed E-state index contributed by atoms with van der Waals surface area (Å²) < 4.78 is 0. The van der Waals surface area contributed by atoms with E-state index in [9.17, 15) is 0 Å². The zero-order valence-corrected chi connectivity index (χ0v) is 6.39. The summed E-state index contributed by atoms with van der Waals surface area (Å²) in [5.74, 6) is 0. The molecular weight excluding hydrogens is 112 g/mol. The SMILES string of the molecule is C=NC(N=C)C(C)(C)C. The van der Waals surface area contributed by atoms with Gasteiger partial charge in [-0.2, -0.15) is 0 Å². The second kappa shape index (κ2) is 2.76. The highest BCUT2D eigenvalue weighted by molar-refractivity contribution is 5.28. The Morgan fingerprint density at radius 3 is 1.44 bits per heavy atom. The van der Waals surface area contributed by atoms with E-state index in [0.29, 0.717) is 0 Å². The minimum atomic E-state index is -0.0718. The Kier molecular flexibility index (Phi) is 2.56. The molecule has 0 heterocycles. The Morgan fingerprint density at radius 1 is 1.11 bits per heavy atom. The van der Waals surface area contributed by atoms with Gasteiger partial charge in [-0.05, 0) is 13.4 Å². The molecule has 0 saturated carbocycles. The van der Waals surface area contributed by atoms with Crippen LogP contribution in [0.15, 0.2) is 9.98 Å². The number of hydrogen-bond donors (Lipinski definition) is 0. The third kappa shape index (κ3) is 2.40. The van der Waals surface area contributed by atoms with Crippen molar-refractivity contribution in [1.82, 2.24) is 0 Å². The monoisotopic (exact) mass is 126 g/mol. The summed E-state index contributed by atoms with van der Waals surface area (Å²) >= 11 is 0. The number of nitrogens with zero attached hydrogens (tertiary/aromatic N) is 2. The van der Waals surface area contributed by atoms with Crippen molar-refractivity contribution in [3.05, 3.63) is 0 Å². The summed E-state index contributed by atoms with van der Waals surface area (Å²) in [6, 6.07) is 0. The summed E-state index contributed by atoms with van der Waals surface area (Å²) in [7, 11) is 0. The maximum atomic E-state index is 3.80. The minimum absolute atomic E-state index is 0.0590. The number of aliphatic imine (C=N–C) groups is 2. The molecule has 0 aliphatic carbocycles. The van der Waals surface area contributed by atoms with Crippen LogP contribution in [0.25, 0.3) is 0 Å². The van der Waals surface area contributed by atoms with Gasteiger partial charge < -0.3 is 0 Å². The van der Waals surface area contributed by atoms with Crippen molar-refractivity contribution in [2.24, 2.45) is 15.4 Å². The molecule has 0 bridgehead atoms. The predicted octanol–water partition coefficient (Wildman–Crippen LogP) is 1.76. The summed E-state index contributed by atoms with van der Waals surface area (Å²) in [4.78, 5) is 7.60. The van der Waals surface area contributed by atoms with Gasteiger partial charge in [0.1, 0.15) is 6.17 Å². The fourth-order valence-electron chi connectivity index (χ4n) is 0.605. The van der Waals surface area contributed by atoms with Crippen LogP contribution in [0.4, 0.5) is 0 Å². The lowest BCUT2D eigenvalue weighted by molar-refractivity contribution is 0.334. The van der Waals surface area contributed by atoms with Crippen molar-refractivity contribution in [1.29, 1.82) is 0 Å². The molecule has 52 valence electrons. The van der Waals surface area contributed by atoms with Crippen molar-refractivity contribution >= 4 is 13.4 Å². The van der Waals surface area contributed by atoms with Gasteiger partial charge in [0.25, 0.3) is 0 Å². The lowest BCUT2D eigenvalue weighted by Crippen LogP contribution is -2.21. The molecule has 2 nitrogen and oxygen atoms in total. The topological polar surface area (TPSA) is 24.7 Å². The fraction of sp³-hybridized carbons (Fsp3) is 0.714. The van der Waals surface area contributed by atoms with Crippen LogP contribution in [0.1, 0.15) is 20.8 Å². The van der Waals surface area contributed by atoms with Crippen LogP contribution >= 0.6 is 0 Å². The highest BCUT2D eigenvalue weighted by Gasteiger charge is 2.20. The molecule has 0 aliphatic heterocycles. The second-order valence-electron chi connectivity index (χ2n) is 3.10. The first-order valence-corrected chi connectivity index (χ1v) is 2.94. The predicted molar refractivity (Wildman–Crippen MR) is 42.3 cm³/mol. The first-order valence-electron chi connectivity index (χ1n) is 2.94. The van der Waals surface area contributed by atoms with Crippen molar-refractivity contribution < 1.29 is 0 Å². The smallest absolute Gasteiger partial charge is 0.142 e. The van der Waals surface area contributed by atoms with Gasteiger partial charge in [0.2, 0.25) is 0 Å². The van der Waals surface area contributed by atoms with Gasteiger partial charge in [0.05, 0.1) is 0 Å². The third-order valence-electron chi connectivity index (χ3n) is 1.12. The maximum absolute atomic E-state index is 3.80. The third-order valence-corrected chi connectivity index (χ3v) is 1.12. The molecule has 0 aromatic rings. The van der Waals surface area contributed by atoms with Crippen LogP contribution in [-0.4, -0.2) is 19.6 Å². The fourth-order valence-corrected chi connectivity index (χ4v) is 0.605. The van der Waals surface area contributed by atoms with E-state index in [2.05, 4.69) is 44.2 Å². The van der Waals surface area contributed by atoms with Crippen molar-refractivity contribution in [2.45, 2.75) is 26.9 Å². The van der Waals surface area contributed by atoms with Gasteiger partial charge in [-0.3, -0.25) is 9.98 Å². The van der Waals surface area contributed by atoms with Crippen molar-refractivity contribution in [2.75, 3.05) is 0 Å². The van der Waals surface area contributed by atoms with E-state index >= 15 is 0 Å². The maximum Gasteiger partial charge on any atom is 0.142 e. The first-order chi connectivity index (χ1) is 4.02. The van der Waals surface area contributed by atoms with Gasteiger partial charge in [-0.1, -0.05) is 20.8 Å². The molecular formula is C7H14N2. The first kappa shape index (κ1) is 8.34. The van der Waals surface area contributed by atoms with Crippen LogP contribution in [0, 0.1) is 5.41 Å². The van der Waals surface area contributed by atoms with E-state index in [1.165, 1.54) is 0 Å². The highest BCUT2D eigenvalue weighted by atomic mass is 15.0. The molecule has 0 spiro atoms. The quantitative estimate of drug-likeness (QED) is 0.504. The molecule has 0 aromatic carbocycles. The molecule has 9 heavy (non-hydrogen) atoms. The Balaban J connectivity index is 4.11. The molecule has 0 unspecified atom stereocenters. The van der Waals surface area contributed by atoms with Crippen LogP contribution in [0.5, 0.6) is 0 Å². The van der Waals surface area contributed by atoms with Gasteiger partial charge in [0, 0.05) is 5.41 Å². The summed E-state index contributed by atoms with van der Waals surface area (Å²) in [6.07, 6.45) is -0.0718. The van der Waals surface area contributed by atoms with Crippen LogP contribution in [-0.2, 0) is 0 Å². The lowest BCUT2D eigenvalue weighted by Gasteiger charge is -2.22. The Labute approximate surface area is 56.7 Å². The van der Waals surface area contributed by atoms with Gasteiger partial charge >= 0.3 is 0 Å². The molecule has 0 aromatic heterocycles. The van der Waals surface area contributed by atoms with Crippen molar-refractivity contribution in [3.63, 3.8) is 0 Å². The minimum Gasteiger partial charge on any atom is -0.274 e. The van der Waals surface area contributed by atoms with E-state index in [1.54, 1.807) is 0 Å². The van der Waals surface area contributed by atoms with Gasteiger partial charge in [0.15, 0.2) is 0 Å². The standard InChI is InChI=1S/C7H14N2/c1-7(2,3)6(8-4)9-5/h6H,4-5H2,1-3H3. The van der Waals surface area contributed by atoms with Crippen molar-refractivity contribution in [3.8, 4) is 0 Å². The zero-order valence-electron chi connectivity index (χ0n) is 6.39. The Bertz CT molecular complexity index is 103. The summed E-state index contributed by atoms with van der Waals surface area (Å²) in [5, 5.41) is 0. The molecule has 0 N–H and O–H groups in total. The Hall–Kier alpha value is -0.660. The van der Waals surface area contributed by atoms with Gasteiger partial charge in [-0.25, -0.2) is 0 Å². The molecule has 0 radical (unpaired) electrons. The van der Waals surface area contributed by atoms with Crippen LogP contribution in [0.3, 0.4) is 0 Å². The highest BCUT2D eigenvalue weighted by Crippen LogP contribution is 2.21.